The van der Waals surface area contributed by atoms with Gasteiger partial charge < -0.3 is 0 Å². The van der Waals surface area contributed by atoms with Gasteiger partial charge in [-0.25, -0.2) is 4.39 Å². The third kappa shape index (κ3) is 1.67. The highest BCUT2D eigenvalue weighted by atomic mass is 19.1. The number of halogens is 1. The van der Waals surface area contributed by atoms with Crippen LogP contribution >= 0.6 is 0 Å². The van der Waals surface area contributed by atoms with Crippen molar-refractivity contribution in [2.24, 2.45) is 0 Å². The summed E-state index contributed by atoms with van der Waals surface area (Å²) in [5.74, 6) is -0.161. The van der Waals surface area contributed by atoms with E-state index < -0.39 is 0 Å². The van der Waals surface area contributed by atoms with E-state index in [-0.39, 0.29) is 5.82 Å². The largest absolute Gasteiger partial charge is 0.207 e. The van der Waals surface area contributed by atoms with Crippen LogP contribution in [0.5, 0.6) is 0 Å². The summed E-state index contributed by atoms with van der Waals surface area (Å²) in [6, 6.07) is 15.8. The van der Waals surface area contributed by atoms with Crippen molar-refractivity contribution >= 4 is 0 Å². The lowest BCUT2D eigenvalue weighted by atomic mass is 10.0. The minimum atomic E-state index is -0.161. The number of benzene rings is 2. The molecule has 14 heavy (non-hydrogen) atoms. The molecule has 0 aliphatic rings. The third-order valence-corrected chi connectivity index (χ3v) is 2.21. The Kier molecular flexibility index (Phi) is 2.32. The summed E-state index contributed by atoms with van der Waals surface area (Å²) in [6.07, 6.45) is 0. The van der Waals surface area contributed by atoms with Gasteiger partial charge in [-0.05, 0) is 41.8 Å². The van der Waals surface area contributed by atoms with Crippen LogP contribution in [0.1, 0.15) is 5.56 Å². The van der Waals surface area contributed by atoms with E-state index in [4.69, 9.17) is 0 Å². The van der Waals surface area contributed by atoms with Crippen molar-refractivity contribution in [1.29, 1.82) is 0 Å². The first-order valence-corrected chi connectivity index (χ1v) is 4.50. The van der Waals surface area contributed by atoms with Crippen LogP contribution in [-0.2, 0) is 0 Å². The van der Waals surface area contributed by atoms with E-state index in [0.29, 0.717) is 5.56 Å². The molecule has 0 bridgehead atoms. The number of hydrogen-bond acceptors (Lipinski definition) is 0. The first-order chi connectivity index (χ1) is 6.77. The Morgan fingerprint density at radius 1 is 1.14 bits per heavy atom. The summed E-state index contributed by atoms with van der Waals surface area (Å²) in [4.78, 5) is 0. The Hall–Kier alpha value is -1.63. The van der Waals surface area contributed by atoms with Crippen LogP contribution in [0.3, 0.4) is 0 Å². The lowest BCUT2D eigenvalue weighted by Crippen LogP contribution is -1.83. The van der Waals surface area contributed by atoms with Crippen LogP contribution in [0, 0.1) is 18.8 Å². The Morgan fingerprint density at radius 3 is 2.64 bits per heavy atom. The van der Waals surface area contributed by atoms with Crippen LogP contribution in [0.4, 0.5) is 4.39 Å². The minimum Gasteiger partial charge on any atom is -0.207 e. The molecule has 0 saturated carbocycles. The van der Waals surface area contributed by atoms with E-state index >= 15 is 0 Å². The van der Waals surface area contributed by atoms with E-state index in [0.717, 1.165) is 11.1 Å². The summed E-state index contributed by atoms with van der Waals surface area (Å²) in [5.41, 5.74) is 2.56. The zero-order valence-corrected chi connectivity index (χ0v) is 7.92. The number of rotatable bonds is 1. The van der Waals surface area contributed by atoms with Crippen LogP contribution in [0.25, 0.3) is 11.1 Å². The smallest absolute Gasteiger partial charge is 0.126 e. The average Bonchev–Trinajstić information content (AvgIpc) is 2.23. The maximum absolute atomic E-state index is 13.3. The molecule has 0 saturated heterocycles. The lowest BCUT2D eigenvalue weighted by molar-refractivity contribution is 0.619. The van der Waals surface area contributed by atoms with Gasteiger partial charge in [-0.2, -0.15) is 0 Å². The summed E-state index contributed by atoms with van der Waals surface area (Å²) < 4.78 is 13.3. The average molecular weight is 185 g/mol. The van der Waals surface area contributed by atoms with E-state index in [1.54, 1.807) is 19.1 Å². The fourth-order valence-electron chi connectivity index (χ4n) is 1.35. The maximum atomic E-state index is 13.3. The topological polar surface area (TPSA) is 0 Å². The molecular weight excluding hydrogens is 175 g/mol. The second kappa shape index (κ2) is 3.62. The van der Waals surface area contributed by atoms with Gasteiger partial charge in [0.25, 0.3) is 0 Å². The van der Waals surface area contributed by atoms with Gasteiger partial charge in [-0.1, -0.05) is 30.3 Å². The zero-order valence-electron chi connectivity index (χ0n) is 7.92. The molecular formula is C13H10F. The molecule has 1 heteroatoms. The van der Waals surface area contributed by atoms with Gasteiger partial charge in [0, 0.05) is 0 Å². The molecule has 0 nitrogen and oxygen atoms in total. The SMILES string of the molecule is Cc1ccc(-c2c[c]ccc2)cc1F. The predicted octanol–water partition coefficient (Wildman–Crippen LogP) is 3.60. The highest BCUT2D eigenvalue weighted by Crippen LogP contribution is 2.20. The van der Waals surface area contributed by atoms with E-state index in [9.17, 15) is 4.39 Å². The first kappa shape index (κ1) is 8.95. The first-order valence-electron chi connectivity index (χ1n) is 4.50. The number of aryl methyl sites for hydroxylation is 1. The van der Waals surface area contributed by atoms with Crippen molar-refractivity contribution < 1.29 is 4.39 Å². The molecule has 1 radical (unpaired) electrons. The van der Waals surface area contributed by atoms with Crippen molar-refractivity contribution in [2.75, 3.05) is 0 Å². The fraction of sp³-hybridized carbons (Fsp3) is 0.0769. The molecule has 0 atom stereocenters. The van der Waals surface area contributed by atoms with Crippen LogP contribution in [0.2, 0.25) is 0 Å². The molecule has 0 aliphatic heterocycles. The van der Waals surface area contributed by atoms with Gasteiger partial charge in [0.1, 0.15) is 5.82 Å². The molecule has 2 rings (SSSR count). The normalized spacial score (nSPS) is 10.1. The van der Waals surface area contributed by atoms with Crippen molar-refractivity contribution in [3.05, 3.63) is 59.9 Å². The monoisotopic (exact) mass is 185 g/mol. The molecule has 0 fully saturated rings. The molecule has 2 aromatic rings. The quantitative estimate of drug-likeness (QED) is 0.636. The molecule has 0 aromatic heterocycles. The maximum Gasteiger partial charge on any atom is 0.126 e. The van der Waals surface area contributed by atoms with E-state index in [1.807, 2.05) is 30.3 Å². The van der Waals surface area contributed by atoms with Crippen molar-refractivity contribution in [3.63, 3.8) is 0 Å². The Balaban J connectivity index is 2.48. The van der Waals surface area contributed by atoms with Gasteiger partial charge in [-0.15, -0.1) is 0 Å². The highest BCUT2D eigenvalue weighted by Gasteiger charge is 2.00. The van der Waals surface area contributed by atoms with Gasteiger partial charge in [0.15, 0.2) is 0 Å². The zero-order chi connectivity index (χ0) is 9.97. The molecule has 69 valence electrons. The standard InChI is InChI=1S/C13H10F/c1-10-7-8-12(9-13(10)14)11-5-3-2-4-6-11/h2-3,5-9H,1H3. The van der Waals surface area contributed by atoms with E-state index in [2.05, 4.69) is 6.07 Å². The fourth-order valence-corrected chi connectivity index (χ4v) is 1.35. The van der Waals surface area contributed by atoms with Crippen LogP contribution < -0.4 is 0 Å². The lowest BCUT2D eigenvalue weighted by Gasteiger charge is -2.02. The third-order valence-electron chi connectivity index (χ3n) is 2.21. The van der Waals surface area contributed by atoms with Gasteiger partial charge in [0.05, 0.1) is 0 Å². The van der Waals surface area contributed by atoms with Crippen molar-refractivity contribution in [1.82, 2.24) is 0 Å². The number of hydrogen-bond donors (Lipinski definition) is 0. The minimum absolute atomic E-state index is 0.161. The second-order valence-electron chi connectivity index (χ2n) is 3.26. The highest BCUT2D eigenvalue weighted by molar-refractivity contribution is 5.63. The second-order valence-corrected chi connectivity index (χ2v) is 3.26. The predicted molar refractivity (Wildman–Crippen MR) is 55.4 cm³/mol. The summed E-state index contributed by atoms with van der Waals surface area (Å²) in [5, 5.41) is 0. The van der Waals surface area contributed by atoms with Crippen LogP contribution in [0.15, 0.2) is 42.5 Å². The Labute approximate surface area is 83.0 Å². The molecule has 0 aliphatic carbocycles. The molecule has 0 heterocycles. The van der Waals surface area contributed by atoms with Crippen molar-refractivity contribution in [3.8, 4) is 11.1 Å². The van der Waals surface area contributed by atoms with E-state index in [1.165, 1.54) is 0 Å². The Morgan fingerprint density at radius 2 is 2.00 bits per heavy atom. The summed E-state index contributed by atoms with van der Waals surface area (Å²) in [7, 11) is 0. The Bertz CT molecular complexity index is 432. The van der Waals surface area contributed by atoms with Gasteiger partial charge in [0.2, 0.25) is 0 Å². The molecule has 2 aromatic carbocycles. The van der Waals surface area contributed by atoms with Crippen molar-refractivity contribution in [2.45, 2.75) is 6.92 Å². The van der Waals surface area contributed by atoms with Crippen LogP contribution in [-0.4, -0.2) is 0 Å². The molecule has 0 unspecified atom stereocenters. The van der Waals surface area contributed by atoms with Gasteiger partial charge >= 0.3 is 0 Å². The summed E-state index contributed by atoms with van der Waals surface area (Å²) in [6.45, 7) is 1.76. The molecule has 0 spiro atoms. The van der Waals surface area contributed by atoms with Gasteiger partial charge in [-0.3, -0.25) is 0 Å². The summed E-state index contributed by atoms with van der Waals surface area (Å²) >= 11 is 0. The molecule has 0 amide bonds. The molecule has 0 N–H and O–H groups in total.